The molecule has 0 atom stereocenters. The summed E-state index contributed by atoms with van der Waals surface area (Å²) in [5.41, 5.74) is 15.1. The van der Waals surface area contributed by atoms with Gasteiger partial charge in [0, 0.05) is 49.5 Å². The Morgan fingerprint density at radius 3 is 1.65 bits per heavy atom. The van der Waals surface area contributed by atoms with Crippen LogP contribution in [0.2, 0.25) is 0 Å². The number of hydrogen-bond acceptors (Lipinski definition) is 4. The van der Waals surface area contributed by atoms with Gasteiger partial charge in [-0.15, -0.1) is 0 Å². The topological polar surface area (TPSA) is 9.72 Å². The second-order valence-corrected chi connectivity index (χ2v) is 24.1. The maximum atomic E-state index is 9.48. The van der Waals surface area contributed by atoms with Crippen molar-refractivity contribution >= 4 is 84.9 Å². The zero-order valence-electron chi connectivity index (χ0n) is 45.6. The molecular formula is C60H66BN3S. The van der Waals surface area contributed by atoms with Gasteiger partial charge in [-0.1, -0.05) is 163 Å². The third kappa shape index (κ3) is 7.25. The molecule has 330 valence electrons. The van der Waals surface area contributed by atoms with Crippen molar-refractivity contribution in [2.24, 2.45) is 0 Å². The highest BCUT2D eigenvalue weighted by Gasteiger charge is 2.51. The van der Waals surface area contributed by atoms with E-state index in [9.17, 15) is 2.74 Å². The first kappa shape index (κ1) is 37.7. The van der Waals surface area contributed by atoms with Crippen LogP contribution in [0.4, 0.5) is 51.2 Å². The molecule has 3 aliphatic rings. The summed E-state index contributed by atoms with van der Waals surface area (Å²) in [6, 6.07) is 37.8. The standard InChI is InChI=1S/C60H66BN3S/c1-56(2,3)39-24-29-44(30-25-39)63-48-33-28-41(58(7,8)9)36-47(48)61-52-49(63)37-46(62(42-20-16-14-17-21-42)43-22-18-15-19-23-43)38-50(52)64(45-31-26-40(27-32-45)57(4,5)6)53-51-54(65-55(53)61)60(12,13)35-34-59(51,10)11/h14-33,36-38H,34-35H2,1-13H3/i14D,16D,17D,20D,21D. The number of benzene rings is 6. The molecule has 1 aromatic heterocycles. The lowest BCUT2D eigenvalue weighted by atomic mass is 9.35. The lowest BCUT2D eigenvalue weighted by Gasteiger charge is -2.46. The smallest absolute Gasteiger partial charge is 0.264 e. The molecule has 0 radical (unpaired) electrons. The Bertz CT molecular complexity index is 3200. The van der Waals surface area contributed by atoms with Crippen molar-refractivity contribution in [2.45, 2.75) is 130 Å². The van der Waals surface area contributed by atoms with Crippen molar-refractivity contribution in [3.8, 4) is 0 Å². The maximum Gasteiger partial charge on any atom is 0.264 e. The number of anilines is 9. The van der Waals surface area contributed by atoms with Gasteiger partial charge in [-0.25, -0.2) is 0 Å². The van der Waals surface area contributed by atoms with Gasteiger partial charge >= 0.3 is 0 Å². The molecule has 1 aliphatic carbocycles. The van der Waals surface area contributed by atoms with Crippen LogP contribution in [0.15, 0.2) is 139 Å². The zero-order valence-corrected chi connectivity index (χ0v) is 41.5. The van der Waals surface area contributed by atoms with E-state index in [4.69, 9.17) is 4.11 Å². The van der Waals surface area contributed by atoms with Crippen LogP contribution >= 0.6 is 11.3 Å². The number of hydrogen-bond donors (Lipinski definition) is 0. The molecule has 10 rings (SSSR count). The van der Waals surface area contributed by atoms with Crippen LogP contribution in [-0.4, -0.2) is 6.71 Å². The molecule has 0 saturated carbocycles. The normalized spacial score (nSPS) is 17.2. The van der Waals surface area contributed by atoms with Gasteiger partial charge in [-0.3, -0.25) is 0 Å². The number of thiophene rings is 1. The minimum Gasteiger partial charge on any atom is -0.311 e. The van der Waals surface area contributed by atoms with Gasteiger partial charge in [0.25, 0.3) is 6.71 Å². The second kappa shape index (κ2) is 15.0. The second-order valence-electron chi connectivity index (χ2n) is 23.1. The molecule has 2 aliphatic heterocycles. The Morgan fingerprint density at radius 2 is 1.08 bits per heavy atom. The summed E-state index contributed by atoms with van der Waals surface area (Å²) in [6.45, 7) is 30.0. The van der Waals surface area contributed by atoms with Crippen LogP contribution < -0.4 is 30.4 Å². The van der Waals surface area contributed by atoms with Crippen molar-refractivity contribution in [1.82, 2.24) is 0 Å². The SMILES string of the molecule is [2H]c1c([2H])c([2H])c(N(c2ccccc2)c2cc3c4c(c2)N(c2ccc(C(C)(C)C)cc2)c2c(sc5c2C(C)(C)CCC5(C)C)B4c2cc(C(C)(C)C)ccc2N3c2ccc(C(C)(C)C)cc2)c([2H])c1[2H]. The summed E-state index contributed by atoms with van der Waals surface area (Å²) in [6.07, 6.45) is 2.14. The third-order valence-electron chi connectivity index (χ3n) is 14.4. The summed E-state index contributed by atoms with van der Waals surface area (Å²) in [4.78, 5) is 8.28. The Kier molecular flexibility index (Phi) is 8.70. The average molecular weight is 877 g/mol. The number of nitrogens with zero attached hydrogens (tertiary/aromatic N) is 3. The lowest BCUT2D eigenvalue weighted by molar-refractivity contribution is 0.339. The monoisotopic (exact) mass is 877 g/mol. The van der Waals surface area contributed by atoms with Crippen LogP contribution in [0.5, 0.6) is 0 Å². The minimum atomic E-state index is -0.420. The van der Waals surface area contributed by atoms with Gasteiger partial charge in [0.2, 0.25) is 0 Å². The summed E-state index contributed by atoms with van der Waals surface area (Å²) in [7, 11) is 0. The van der Waals surface area contributed by atoms with E-state index in [2.05, 4.69) is 179 Å². The average Bonchev–Trinajstić information content (AvgIpc) is 3.73. The van der Waals surface area contributed by atoms with Crippen LogP contribution in [0, 0.1) is 0 Å². The molecule has 0 spiro atoms. The molecule has 0 unspecified atom stereocenters. The molecule has 0 amide bonds. The van der Waals surface area contributed by atoms with E-state index >= 15 is 0 Å². The molecule has 5 heteroatoms. The van der Waals surface area contributed by atoms with Crippen molar-refractivity contribution in [3.05, 3.63) is 167 Å². The first-order valence-electron chi connectivity index (χ1n) is 25.9. The molecule has 3 nitrogen and oxygen atoms in total. The summed E-state index contributed by atoms with van der Waals surface area (Å²) in [5, 5.41) is 0. The molecule has 0 bridgehead atoms. The minimum absolute atomic E-state index is 0.0501. The van der Waals surface area contributed by atoms with Crippen molar-refractivity contribution < 1.29 is 6.85 Å². The van der Waals surface area contributed by atoms with Crippen LogP contribution in [0.3, 0.4) is 0 Å². The predicted molar refractivity (Wildman–Crippen MR) is 284 cm³/mol. The quantitative estimate of drug-likeness (QED) is 0.160. The summed E-state index contributed by atoms with van der Waals surface area (Å²) >= 11 is 2.00. The van der Waals surface area contributed by atoms with Gasteiger partial charge in [0.1, 0.15) is 0 Å². The summed E-state index contributed by atoms with van der Waals surface area (Å²) < 4.78 is 46.8. The van der Waals surface area contributed by atoms with E-state index in [1.165, 1.54) is 48.5 Å². The molecule has 65 heavy (non-hydrogen) atoms. The largest absolute Gasteiger partial charge is 0.311 e. The lowest BCUT2D eigenvalue weighted by Crippen LogP contribution is -2.61. The highest BCUT2D eigenvalue weighted by molar-refractivity contribution is 7.29. The van der Waals surface area contributed by atoms with Crippen molar-refractivity contribution in [3.63, 3.8) is 0 Å². The van der Waals surface area contributed by atoms with E-state index in [-0.39, 0.29) is 63.6 Å². The maximum absolute atomic E-state index is 9.48. The Labute approximate surface area is 401 Å². The molecular weight excluding hydrogens is 806 g/mol. The Morgan fingerprint density at radius 1 is 0.554 bits per heavy atom. The molecule has 0 N–H and O–H groups in total. The van der Waals surface area contributed by atoms with Gasteiger partial charge in [-0.2, -0.15) is 11.3 Å². The van der Waals surface area contributed by atoms with Gasteiger partial charge in [0.15, 0.2) is 0 Å². The van der Waals surface area contributed by atoms with E-state index < -0.39 is 6.04 Å². The van der Waals surface area contributed by atoms with Crippen LogP contribution in [-0.2, 0) is 27.1 Å². The van der Waals surface area contributed by atoms with Gasteiger partial charge < -0.3 is 14.7 Å². The third-order valence-corrected chi connectivity index (χ3v) is 16.0. The summed E-state index contributed by atoms with van der Waals surface area (Å²) in [5.74, 6) is 0. The van der Waals surface area contributed by atoms with E-state index in [1.54, 1.807) is 0 Å². The molecule has 7 aromatic rings. The fourth-order valence-electron chi connectivity index (χ4n) is 10.5. The highest BCUT2D eigenvalue weighted by Crippen LogP contribution is 2.57. The van der Waals surface area contributed by atoms with E-state index in [0.29, 0.717) is 11.4 Å². The highest BCUT2D eigenvalue weighted by atomic mass is 32.1. The van der Waals surface area contributed by atoms with Crippen LogP contribution in [0.25, 0.3) is 0 Å². The van der Waals surface area contributed by atoms with E-state index in [1.807, 2.05) is 46.6 Å². The van der Waals surface area contributed by atoms with Crippen molar-refractivity contribution in [2.75, 3.05) is 14.7 Å². The zero-order chi connectivity index (χ0) is 50.4. The van der Waals surface area contributed by atoms with E-state index in [0.717, 1.165) is 41.3 Å². The number of fused-ring (bicyclic) bond motifs is 6. The Hall–Kier alpha value is -5.52. The molecule has 0 fully saturated rings. The predicted octanol–water partition coefficient (Wildman–Crippen LogP) is 15.5. The molecule has 6 aromatic carbocycles. The number of rotatable bonds is 5. The van der Waals surface area contributed by atoms with Crippen LogP contribution in [0.1, 0.15) is 137 Å². The first-order chi connectivity index (χ1) is 32.7. The fourth-order valence-corrected chi connectivity index (χ4v) is 12.2. The first-order valence-corrected chi connectivity index (χ1v) is 24.3. The fraction of sp³-hybridized carbons (Fsp3) is 0.333. The molecule has 0 saturated heterocycles. The van der Waals surface area contributed by atoms with Crippen molar-refractivity contribution in [1.29, 1.82) is 0 Å². The van der Waals surface area contributed by atoms with Gasteiger partial charge in [-0.05, 0) is 140 Å². The number of para-hydroxylation sites is 2. The molecule has 3 heterocycles. The van der Waals surface area contributed by atoms with Gasteiger partial charge in [0.05, 0.1) is 18.2 Å². The Balaban J connectivity index is 1.40.